The van der Waals surface area contributed by atoms with Crippen LogP contribution in [0.4, 0.5) is 0 Å². The average Bonchev–Trinajstić information content (AvgIpc) is 2.15. The summed E-state index contributed by atoms with van der Waals surface area (Å²) < 4.78 is 0. The van der Waals surface area contributed by atoms with Gasteiger partial charge in [-0.25, -0.2) is 0 Å². The van der Waals surface area contributed by atoms with Gasteiger partial charge in [-0.05, 0) is 45.3 Å². The second-order valence-electron chi connectivity index (χ2n) is 4.22. The molecule has 14 heavy (non-hydrogen) atoms. The van der Waals surface area contributed by atoms with Crippen molar-refractivity contribution in [2.24, 2.45) is 0 Å². The smallest absolute Gasteiger partial charge is 0.0621 e. The molecule has 2 heteroatoms. The van der Waals surface area contributed by atoms with Crippen LogP contribution in [0.25, 0.3) is 0 Å². The van der Waals surface area contributed by atoms with E-state index in [4.69, 9.17) is 5.26 Å². The second-order valence-corrected chi connectivity index (χ2v) is 4.22. The van der Waals surface area contributed by atoms with Crippen molar-refractivity contribution in [2.45, 2.75) is 51.4 Å². The molecule has 0 unspecified atom stereocenters. The maximum absolute atomic E-state index is 8.42. The third kappa shape index (κ3) is 5.24. The lowest BCUT2D eigenvalue weighted by Crippen LogP contribution is -2.28. The third-order valence-corrected chi connectivity index (χ3v) is 2.96. The molecule has 0 bridgehead atoms. The van der Waals surface area contributed by atoms with Gasteiger partial charge in [0, 0.05) is 6.42 Å². The standard InChI is InChI=1S/C12H22N2/c13-9-5-4-8-12-14-10-6-2-1-3-7-11-14/h1-8,10-12H2. The Morgan fingerprint density at radius 1 is 0.929 bits per heavy atom. The van der Waals surface area contributed by atoms with E-state index in [0.717, 1.165) is 12.8 Å². The third-order valence-electron chi connectivity index (χ3n) is 2.96. The lowest BCUT2D eigenvalue weighted by molar-refractivity contribution is 0.243. The van der Waals surface area contributed by atoms with Gasteiger partial charge in [-0.15, -0.1) is 0 Å². The van der Waals surface area contributed by atoms with Crippen LogP contribution in [0.3, 0.4) is 0 Å². The fourth-order valence-electron chi connectivity index (χ4n) is 2.08. The Balaban J connectivity index is 2.05. The molecular weight excluding hydrogens is 172 g/mol. The van der Waals surface area contributed by atoms with Crippen LogP contribution in [0, 0.1) is 11.3 Å². The van der Waals surface area contributed by atoms with Crippen LogP contribution in [-0.2, 0) is 0 Å². The van der Waals surface area contributed by atoms with Crippen LogP contribution in [-0.4, -0.2) is 24.5 Å². The molecule has 0 aromatic rings. The largest absolute Gasteiger partial charge is 0.303 e. The molecule has 2 nitrogen and oxygen atoms in total. The van der Waals surface area contributed by atoms with Gasteiger partial charge in [0.2, 0.25) is 0 Å². The van der Waals surface area contributed by atoms with Gasteiger partial charge in [0.05, 0.1) is 6.07 Å². The topological polar surface area (TPSA) is 27.0 Å². The van der Waals surface area contributed by atoms with E-state index >= 15 is 0 Å². The van der Waals surface area contributed by atoms with Crippen molar-refractivity contribution in [3.05, 3.63) is 0 Å². The van der Waals surface area contributed by atoms with E-state index in [9.17, 15) is 0 Å². The zero-order valence-corrected chi connectivity index (χ0v) is 9.17. The number of nitriles is 1. The zero-order valence-electron chi connectivity index (χ0n) is 9.17. The number of hydrogen-bond donors (Lipinski definition) is 0. The zero-order chi connectivity index (χ0) is 10.1. The van der Waals surface area contributed by atoms with E-state index in [1.165, 1.54) is 58.2 Å². The van der Waals surface area contributed by atoms with Crippen LogP contribution in [0.1, 0.15) is 51.4 Å². The highest BCUT2D eigenvalue weighted by Gasteiger charge is 2.06. The quantitative estimate of drug-likeness (QED) is 0.643. The number of hydrogen-bond acceptors (Lipinski definition) is 2. The highest BCUT2D eigenvalue weighted by molar-refractivity contribution is 4.69. The molecule has 0 aliphatic carbocycles. The number of unbranched alkanes of at least 4 members (excludes halogenated alkanes) is 2. The molecule has 1 aliphatic heterocycles. The first-order valence-corrected chi connectivity index (χ1v) is 6.03. The summed E-state index contributed by atoms with van der Waals surface area (Å²) in [5, 5.41) is 8.42. The number of likely N-dealkylation sites (tertiary alicyclic amines) is 1. The molecule has 0 atom stereocenters. The Kier molecular flexibility index (Phi) is 6.43. The molecule has 0 amide bonds. The van der Waals surface area contributed by atoms with Crippen molar-refractivity contribution < 1.29 is 0 Å². The summed E-state index contributed by atoms with van der Waals surface area (Å²) in [5.74, 6) is 0. The van der Waals surface area contributed by atoms with Gasteiger partial charge in [-0.3, -0.25) is 0 Å². The molecule has 1 fully saturated rings. The molecule has 0 saturated carbocycles. The van der Waals surface area contributed by atoms with Crippen LogP contribution in [0.2, 0.25) is 0 Å². The lowest BCUT2D eigenvalue weighted by atomic mass is 10.1. The SMILES string of the molecule is N#CCCCCN1CCCCCCC1. The van der Waals surface area contributed by atoms with E-state index in [2.05, 4.69) is 11.0 Å². The Morgan fingerprint density at radius 3 is 2.21 bits per heavy atom. The summed E-state index contributed by atoms with van der Waals surface area (Å²) in [6.45, 7) is 3.78. The molecule has 0 aromatic heterocycles. The number of rotatable bonds is 4. The van der Waals surface area contributed by atoms with Crippen LogP contribution >= 0.6 is 0 Å². The molecule has 0 N–H and O–H groups in total. The first kappa shape index (κ1) is 11.5. The van der Waals surface area contributed by atoms with E-state index in [1.807, 2.05) is 0 Å². The second kappa shape index (κ2) is 7.82. The van der Waals surface area contributed by atoms with Gasteiger partial charge in [0.1, 0.15) is 0 Å². The molecule has 0 radical (unpaired) electrons. The first-order chi connectivity index (χ1) is 6.93. The molecular formula is C12H22N2. The van der Waals surface area contributed by atoms with Crippen molar-refractivity contribution in [1.82, 2.24) is 4.90 Å². The molecule has 0 spiro atoms. The predicted octanol–water partition coefficient (Wildman–Crippen LogP) is 2.95. The first-order valence-electron chi connectivity index (χ1n) is 6.03. The van der Waals surface area contributed by atoms with Gasteiger partial charge in [-0.2, -0.15) is 5.26 Å². The highest BCUT2D eigenvalue weighted by atomic mass is 15.1. The Morgan fingerprint density at radius 2 is 1.57 bits per heavy atom. The van der Waals surface area contributed by atoms with Gasteiger partial charge < -0.3 is 4.90 Å². The monoisotopic (exact) mass is 194 g/mol. The van der Waals surface area contributed by atoms with E-state index in [1.54, 1.807) is 0 Å². The molecule has 1 heterocycles. The number of nitrogens with zero attached hydrogens (tertiary/aromatic N) is 2. The van der Waals surface area contributed by atoms with Crippen LogP contribution in [0.15, 0.2) is 0 Å². The van der Waals surface area contributed by atoms with Crippen molar-refractivity contribution >= 4 is 0 Å². The van der Waals surface area contributed by atoms with Crippen molar-refractivity contribution in [1.29, 1.82) is 5.26 Å². The summed E-state index contributed by atoms with van der Waals surface area (Å²) in [4.78, 5) is 2.58. The summed E-state index contributed by atoms with van der Waals surface area (Å²) in [6, 6.07) is 2.21. The molecule has 1 aliphatic rings. The maximum atomic E-state index is 8.42. The van der Waals surface area contributed by atoms with Crippen LogP contribution in [0.5, 0.6) is 0 Å². The van der Waals surface area contributed by atoms with Crippen molar-refractivity contribution in [3.8, 4) is 6.07 Å². The summed E-state index contributed by atoms with van der Waals surface area (Å²) >= 11 is 0. The minimum absolute atomic E-state index is 0.730. The minimum atomic E-state index is 0.730. The van der Waals surface area contributed by atoms with Crippen LogP contribution < -0.4 is 0 Å². The Bertz CT molecular complexity index is 164. The lowest BCUT2D eigenvalue weighted by Gasteiger charge is -2.24. The fourth-order valence-corrected chi connectivity index (χ4v) is 2.08. The van der Waals surface area contributed by atoms with Crippen molar-refractivity contribution in [2.75, 3.05) is 19.6 Å². The van der Waals surface area contributed by atoms with Crippen molar-refractivity contribution in [3.63, 3.8) is 0 Å². The van der Waals surface area contributed by atoms with E-state index < -0.39 is 0 Å². The van der Waals surface area contributed by atoms with Gasteiger partial charge in [0.25, 0.3) is 0 Å². The Hall–Kier alpha value is -0.550. The van der Waals surface area contributed by atoms with Gasteiger partial charge >= 0.3 is 0 Å². The molecule has 1 saturated heterocycles. The Labute approximate surface area is 87.9 Å². The normalized spacial score (nSPS) is 19.6. The van der Waals surface area contributed by atoms with E-state index in [-0.39, 0.29) is 0 Å². The highest BCUT2D eigenvalue weighted by Crippen LogP contribution is 2.11. The summed E-state index contributed by atoms with van der Waals surface area (Å²) in [6.07, 6.45) is 10.0. The summed E-state index contributed by atoms with van der Waals surface area (Å²) in [5.41, 5.74) is 0. The molecule has 80 valence electrons. The predicted molar refractivity (Wildman–Crippen MR) is 59.0 cm³/mol. The minimum Gasteiger partial charge on any atom is -0.303 e. The van der Waals surface area contributed by atoms with Gasteiger partial charge in [-0.1, -0.05) is 19.3 Å². The van der Waals surface area contributed by atoms with Gasteiger partial charge in [0.15, 0.2) is 0 Å². The molecule has 0 aromatic carbocycles. The fraction of sp³-hybridized carbons (Fsp3) is 0.917. The molecule has 1 rings (SSSR count). The van der Waals surface area contributed by atoms with E-state index in [0.29, 0.717) is 0 Å². The summed E-state index contributed by atoms with van der Waals surface area (Å²) in [7, 11) is 0. The average molecular weight is 194 g/mol. The maximum Gasteiger partial charge on any atom is 0.0621 e.